The molecule has 0 atom stereocenters. The molecule has 1 aromatic carbocycles. The summed E-state index contributed by atoms with van der Waals surface area (Å²) in [5.41, 5.74) is 11.8. The molecular formula is C17H23Cl2NTi-2. The van der Waals surface area contributed by atoms with Crippen LogP contribution >= 0.6 is 0 Å². The molecule has 0 saturated carbocycles. The van der Waals surface area contributed by atoms with Gasteiger partial charge in [0.05, 0.1) is 0 Å². The summed E-state index contributed by atoms with van der Waals surface area (Å²) < 4.78 is 0. The van der Waals surface area contributed by atoms with Crippen molar-refractivity contribution in [2.24, 2.45) is 0 Å². The van der Waals surface area contributed by atoms with Gasteiger partial charge in [0.15, 0.2) is 0 Å². The van der Waals surface area contributed by atoms with Crippen LogP contribution in [0.2, 0.25) is 0 Å². The molecule has 2 rings (SSSR count). The Hall–Kier alpha value is -0.176. The Kier molecular flexibility index (Phi) is 14.0. The summed E-state index contributed by atoms with van der Waals surface area (Å²) in [5.74, 6) is 0. The fourth-order valence-corrected chi connectivity index (χ4v) is 1.68. The molecule has 4 heteroatoms. The molecule has 1 aliphatic carbocycles. The van der Waals surface area contributed by atoms with Gasteiger partial charge in [-0.25, -0.2) is 0 Å². The van der Waals surface area contributed by atoms with Crippen LogP contribution in [0.3, 0.4) is 0 Å². The van der Waals surface area contributed by atoms with Crippen molar-refractivity contribution in [3.05, 3.63) is 65.8 Å². The summed E-state index contributed by atoms with van der Waals surface area (Å²) in [6.45, 7) is 11.7. The minimum atomic E-state index is -0.250. The van der Waals surface area contributed by atoms with Crippen LogP contribution in [-0.4, -0.2) is 5.54 Å². The first-order valence-electron chi connectivity index (χ1n) is 6.31. The third-order valence-electron chi connectivity index (χ3n) is 2.41. The fourth-order valence-electron chi connectivity index (χ4n) is 1.68. The molecule has 0 aliphatic heterocycles. The molecule has 116 valence electrons. The molecule has 0 unspecified atom stereocenters. The van der Waals surface area contributed by atoms with Gasteiger partial charge in [-0.05, 0) is 13.3 Å². The summed E-state index contributed by atoms with van der Waals surface area (Å²) in [5, 5.41) is 0. The van der Waals surface area contributed by atoms with E-state index in [0.717, 1.165) is 12.0 Å². The van der Waals surface area contributed by atoms with Crippen molar-refractivity contribution in [2.45, 2.75) is 39.7 Å². The standard InChI is InChI=1S/C13H13.C4H10N.2ClH.Ti/c1-10-7-8-12(9-10)13-6-4-3-5-11(13)2;1-4(2,3)5;;;/h3-7,9H,2,8H2,1H3;5H,1-3H3;2*1H;/q2*-1;;;+2/p-2. The van der Waals surface area contributed by atoms with Crippen LogP contribution in [0.25, 0.3) is 11.3 Å². The molecule has 0 radical (unpaired) electrons. The molecule has 0 amide bonds. The Bertz CT molecular complexity index is 468. The van der Waals surface area contributed by atoms with Crippen LogP contribution in [-0.2, 0) is 21.7 Å². The second-order valence-corrected chi connectivity index (χ2v) is 5.73. The summed E-state index contributed by atoms with van der Waals surface area (Å²) in [6, 6.07) is 8.30. The average molecular weight is 360 g/mol. The zero-order chi connectivity index (χ0) is 13.8. The quantitative estimate of drug-likeness (QED) is 0.474. The Morgan fingerprint density at radius 1 is 1.10 bits per heavy atom. The number of hydrogen-bond acceptors (Lipinski definition) is 0. The Morgan fingerprint density at radius 2 is 1.57 bits per heavy atom. The molecule has 0 bridgehead atoms. The third kappa shape index (κ3) is 11.1. The van der Waals surface area contributed by atoms with Crippen LogP contribution in [0.5, 0.6) is 0 Å². The second-order valence-electron chi connectivity index (χ2n) is 5.73. The molecule has 1 aromatic rings. The van der Waals surface area contributed by atoms with E-state index in [2.05, 4.69) is 44.2 Å². The Balaban J connectivity index is -0.000000360. The molecule has 1 nitrogen and oxygen atoms in total. The molecule has 0 heterocycles. The van der Waals surface area contributed by atoms with Crippen LogP contribution in [0.1, 0.15) is 45.2 Å². The molecule has 21 heavy (non-hydrogen) atoms. The van der Waals surface area contributed by atoms with E-state index < -0.39 is 0 Å². The van der Waals surface area contributed by atoms with Gasteiger partial charge in [-0.2, -0.15) is 18.6 Å². The van der Waals surface area contributed by atoms with E-state index in [9.17, 15) is 0 Å². The maximum absolute atomic E-state index is 6.94. The number of rotatable bonds is 1. The maximum atomic E-state index is 6.94. The van der Waals surface area contributed by atoms with E-state index in [1.54, 1.807) is 0 Å². The zero-order valence-corrected chi connectivity index (χ0v) is 16.2. The van der Waals surface area contributed by atoms with Crippen LogP contribution < -0.4 is 24.8 Å². The van der Waals surface area contributed by atoms with E-state index in [-0.39, 0.29) is 52.1 Å². The Labute approximate surface area is 157 Å². The van der Waals surface area contributed by atoms with Crippen molar-refractivity contribution in [3.63, 3.8) is 0 Å². The van der Waals surface area contributed by atoms with E-state index in [0.29, 0.717) is 0 Å². The third-order valence-corrected chi connectivity index (χ3v) is 2.41. The Morgan fingerprint density at radius 3 is 1.95 bits per heavy atom. The second kappa shape index (κ2) is 11.4. The van der Waals surface area contributed by atoms with Crippen LogP contribution in [0.15, 0.2) is 42.0 Å². The van der Waals surface area contributed by atoms with E-state index in [4.69, 9.17) is 5.73 Å². The fraction of sp³-hybridized carbons (Fsp3) is 0.353. The summed E-state index contributed by atoms with van der Waals surface area (Å²) >= 11 is 0. The van der Waals surface area contributed by atoms with Crippen LogP contribution in [0.4, 0.5) is 0 Å². The van der Waals surface area contributed by atoms with Gasteiger partial charge in [-0.15, -0.1) is 23.2 Å². The predicted molar refractivity (Wildman–Crippen MR) is 81.3 cm³/mol. The molecular weight excluding hydrogens is 337 g/mol. The van der Waals surface area contributed by atoms with Crippen molar-refractivity contribution >= 4 is 5.57 Å². The molecule has 1 aliphatic rings. The smallest absolute Gasteiger partial charge is 1.00 e. The van der Waals surface area contributed by atoms with Crippen molar-refractivity contribution in [1.82, 2.24) is 0 Å². The number of allylic oxidation sites excluding steroid dienone is 4. The van der Waals surface area contributed by atoms with Gasteiger partial charge in [-0.3, -0.25) is 0 Å². The summed E-state index contributed by atoms with van der Waals surface area (Å²) in [6.07, 6.45) is 5.55. The zero-order valence-electron chi connectivity index (χ0n) is 13.1. The van der Waals surface area contributed by atoms with Crippen molar-refractivity contribution in [2.75, 3.05) is 0 Å². The normalized spacial score (nSPS) is 12.4. The minimum absolute atomic E-state index is 0. The predicted octanol–water partition coefficient (Wildman–Crippen LogP) is -0.555. The molecule has 0 saturated heterocycles. The largest absolute Gasteiger partial charge is 2.00 e. The monoisotopic (exact) mass is 359 g/mol. The van der Waals surface area contributed by atoms with Crippen molar-refractivity contribution in [1.29, 1.82) is 0 Å². The van der Waals surface area contributed by atoms with Crippen LogP contribution in [0, 0.1) is 6.92 Å². The molecule has 0 fully saturated rings. The van der Waals surface area contributed by atoms with Gasteiger partial charge in [0, 0.05) is 0 Å². The summed E-state index contributed by atoms with van der Waals surface area (Å²) in [7, 11) is 0. The van der Waals surface area contributed by atoms with Gasteiger partial charge >= 0.3 is 21.7 Å². The van der Waals surface area contributed by atoms with Gasteiger partial charge in [0.2, 0.25) is 0 Å². The van der Waals surface area contributed by atoms with E-state index in [1.165, 1.54) is 16.7 Å². The molecule has 0 spiro atoms. The van der Waals surface area contributed by atoms with E-state index in [1.807, 2.05) is 26.8 Å². The first-order chi connectivity index (χ1) is 8.27. The van der Waals surface area contributed by atoms with Gasteiger partial charge in [-0.1, -0.05) is 50.1 Å². The van der Waals surface area contributed by atoms with Gasteiger partial charge < -0.3 is 30.5 Å². The first kappa shape index (κ1) is 25.8. The van der Waals surface area contributed by atoms with Gasteiger partial charge in [0.1, 0.15) is 0 Å². The number of halogens is 2. The topological polar surface area (TPSA) is 23.8 Å². The van der Waals surface area contributed by atoms with E-state index >= 15 is 0 Å². The average Bonchev–Trinajstić information content (AvgIpc) is 2.63. The van der Waals surface area contributed by atoms with Gasteiger partial charge in [0.25, 0.3) is 0 Å². The van der Waals surface area contributed by atoms with Crippen molar-refractivity contribution < 1.29 is 46.5 Å². The maximum Gasteiger partial charge on any atom is 2.00 e. The number of hydrogen-bond donors (Lipinski definition) is 0. The first-order valence-corrected chi connectivity index (χ1v) is 6.31. The van der Waals surface area contributed by atoms with Crippen molar-refractivity contribution in [3.8, 4) is 0 Å². The SMILES string of the molecule is CC(C)(C)[NH-].[CH2-]c1ccccc1C1=CC(C)=CC1.[Cl-].[Cl-].[Ti+2]. The number of benzene rings is 1. The minimum Gasteiger partial charge on any atom is -1.00 e. The summed E-state index contributed by atoms with van der Waals surface area (Å²) in [4.78, 5) is 0. The molecule has 0 aromatic heterocycles. The molecule has 1 N–H and O–H groups in total. The number of nitrogens with one attached hydrogen (secondary N) is 1.